The summed E-state index contributed by atoms with van der Waals surface area (Å²) in [4.78, 5) is 6.57. The Morgan fingerprint density at radius 2 is 2.73 bits per heavy atom. The third-order valence-corrected chi connectivity index (χ3v) is 1.33. The summed E-state index contributed by atoms with van der Waals surface area (Å²) in [5, 5.41) is 9.83. The van der Waals surface area contributed by atoms with Crippen molar-refractivity contribution in [3.8, 4) is 0 Å². The molecule has 1 heterocycles. The summed E-state index contributed by atoms with van der Waals surface area (Å²) in [5.41, 5.74) is 8.16. The Labute approximate surface area is 63.3 Å². The van der Waals surface area contributed by atoms with Crippen molar-refractivity contribution in [2.45, 2.75) is 19.4 Å². The van der Waals surface area contributed by atoms with Crippen LogP contribution in [0.1, 0.15) is 25.2 Å². The van der Waals surface area contributed by atoms with Crippen LogP contribution >= 0.6 is 0 Å². The highest BCUT2D eigenvalue weighted by atomic mass is 15.2. The SMILES string of the molecule is CCC(N=[N+]=[N-])c1ncn[nH]1. The fraction of sp³-hybridized carbons (Fsp3) is 0.600. The van der Waals surface area contributed by atoms with Crippen molar-refractivity contribution in [3.05, 3.63) is 22.6 Å². The Bertz CT molecular complexity index is 246. The van der Waals surface area contributed by atoms with E-state index in [1.807, 2.05) is 6.92 Å². The normalized spacial score (nSPS) is 12.1. The quantitative estimate of drug-likeness (QED) is 0.404. The lowest BCUT2D eigenvalue weighted by Gasteiger charge is -2.00. The van der Waals surface area contributed by atoms with Crippen LogP contribution in [0.15, 0.2) is 11.4 Å². The molecule has 0 aromatic carbocycles. The fourth-order valence-electron chi connectivity index (χ4n) is 0.768. The van der Waals surface area contributed by atoms with Gasteiger partial charge < -0.3 is 0 Å². The van der Waals surface area contributed by atoms with Crippen molar-refractivity contribution in [3.63, 3.8) is 0 Å². The number of aromatic nitrogens is 3. The topological polar surface area (TPSA) is 90.3 Å². The molecule has 0 radical (unpaired) electrons. The molecule has 0 amide bonds. The summed E-state index contributed by atoms with van der Waals surface area (Å²) in [6, 6.07) is -0.220. The lowest BCUT2D eigenvalue weighted by atomic mass is 10.2. The molecule has 1 rings (SSSR count). The monoisotopic (exact) mass is 152 g/mol. The fourth-order valence-corrected chi connectivity index (χ4v) is 0.768. The van der Waals surface area contributed by atoms with Gasteiger partial charge in [-0.3, -0.25) is 5.10 Å². The van der Waals surface area contributed by atoms with Crippen LogP contribution < -0.4 is 0 Å². The molecule has 1 unspecified atom stereocenters. The molecule has 1 aromatic rings. The average molecular weight is 152 g/mol. The highest BCUT2D eigenvalue weighted by Gasteiger charge is 2.08. The molecule has 0 fully saturated rings. The van der Waals surface area contributed by atoms with Crippen LogP contribution in [-0.4, -0.2) is 15.2 Å². The first-order valence-electron chi connectivity index (χ1n) is 3.28. The lowest BCUT2D eigenvalue weighted by Crippen LogP contribution is -1.94. The van der Waals surface area contributed by atoms with E-state index in [9.17, 15) is 0 Å². The number of rotatable bonds is 3. The maximum absolute atomic E-state index is 8.16. The van der Waals surface area contributed by atoms with Crippen molar-refractivity contribution in [2.75, 3.05) is 0 Å². The van der Waals surface area contributed by atoms with Crippen LogP contribution in [0.2, 0.25) is 0 Å². The Hall–Kier alpha value is -1.55. The highest BCUT2D eigenvalue weighted by Crippen LogP contribution is 2.15. The van der Waals surface area contributed by atoms with E-state index < -0.39 is 0 Å². The minimum Gasteiger partial charge on any atom is -0.263 e. The molecule has 0 saturated heterocycles. The second kappa shape index (κ2) is 3.58. The summed E-state index contributed by atoms with van der Waals surface area (Å²) < 4.78 is 0. The maximum Gasteiger partial charge on any atom is 0.137 e. The third kappa shape index (κ3) is 1.68. The minimum atomic E-state index is -0.220. The molecule has 1 N–H and O–H groups in total. The standard InChI is InChI=1S/C5H8N6/c1-2-4(9-11-6)5-7-3-8-10-5/h3-4H,2H2,1H3,(H,7,8,10). The molecule has 1 aromatic heterocycles. The summed E-state index contributed by atoms with van der Waals surface area (Å²) in [5.74, 6) is 0.616. The first-order chi connectivity index (χ1) is 5.38. The Balaban J connectivity index is 2.79. The number of nitrogens with zero attached hydrogens (tertiary/aromatic N) is 5. The molecule has 0 aliphatic rings. The van der Waals surface area contributed by atoms with E-state index in [4.69, 9.17) is 5.53 Å². The minimum absolute atomic E-state index is 0.220. The number of nitrogens with one attached hydrogen (secondary N) is 1. The van der Waals surface area contributed by atoms with Gasteiger partial charge in [0.1, 0.15) is 12.2 Å². The lowest BCUT2D eigenvalue weighted by molar-refractivity contribution is 0.648. The third-order valence-electron chi connectivity index (χ3n) is 1.33. The zero-order valence-corrected chi connectivity index (χ0v) is 6.10. The Kier molecular flexibility index (Phi) is 2.46. The Morgan fingerprint density at radius 3 is 3.18 bits per heavy atom. The second-order valence-electron chi connectivity index (χ2n) is 2.00. The van der Waals surface area contributed by atoms with E-state index in [0.717, 1.165) is 6.42 Å². The van der Waals surface area contributed by atoms with Gasteiger partial charge in [-0.2, -0.15) is 5.10 Å². The predicted octanol–water partition coefficient (Wildman–Crippen LogP) is 1.57. The van der Waals surface area contributed by atoms with Gasteiger partial charge in [-0.05, 0) is 12.0 Å². The van der Waals surface area contributed by atoms with Gasteiger partial charge in [-0.15, -0.1) is 0 Å². The van der Waals surface area contributed by atoms with E-state index in [1.54, 1.807) is 0 Å². The van der Waals surface area contributed by atoms with Gasteiger partial charge in [0, 0.05) is 4.91 Å². The molecule has 6 nitrogen and oxygen atoms in total. The van der Waals surface area contributed by atoms with E-state index in [2.05, 4.69) is 25.2 Å². The van der Waals surface area contributed by atoms with Gasteiger partial charge in [0.05, 0.1) is 6.04 Å². The van der Waals surface area contributed by atoms with Crippen LogP contribution in [0.25, 0.3) is 10.4 Å². The van der Waals surface area contributed by atoms with Gasteiger partial charge in [0.15, 0.2) is 0 Å². The van der Waals surface area contributed by atoms with E-state index in [0.29, 0.717) is 5.82 Å². The number of azide groups is 1. The molecule has 0 aliphatic heterocycles. The number of aromatic amines is 1. The molecule has 1 atom stereocenters. The molecule has 0 saturated carbocycles. The molecular weight excluding hydrogens is 144 g/mol. The smallest absolute Gasteiger partial charge is 0.137 e. The van der Waals surface area contributed by atoms with Crippen molar-refractivity contribution in [2.24, 2.45) is 5.11 Å². The first-order valence-corrected chi connectivity index (χ1v) is 3.28. The van der Waals surface area contributed by atoms with E-state index in [-0.39, 0.29) is 6.04 Å². The Morgan fingerprint density at radius 1 is 1.91 bits per heavy atom. The summed E-state index contributed by atoms with van der Waals surface area (Å²) in [6.45, 7) is 1.92. The average Bonchev–Trinajstić information content (AvgIpc) is 2.52. The zero-order valence-electron chi connectivity index (χ0n) is 6.10. The number of H-pyrrole nitrogens is 1. The molecule has 6 heteroatoms. The van der Waals surface area contributed by atoms with E-state index in [1.165, 1.54) is 6.33 Å². The molecule has 0 aliphatic carbocycles. The zero-order chi connectivity index (χ0) is 8.10. The predicted molar refractivity (Wildman–Crippen MR) is 38.6 cm³/mol. The van der Waals surface area contributed by atoms with Gasteiger partial charge in [-0.25, -0.2) is 4.98 Å². The van der Waals surface area contributed by atoms with Crippen LogP contribution in [0.4, 0.5) is 0 Å². The summed E-state index contributed by atoms with van der Waals surface area (Å²) >= 11 is 0. The van der Waals surface area contributed by atoms with Gasteiger partial charge in [-0.1, -0.05) is 12.0 Å². The number of hydrogen-bond acceptors (Lipinski definition) is 3. The second-order valence-corrected chi connectivity index (χ2v) is 2.00. The molecular formula is C5H8N6. The number of hydrogen-bond donors (Lipinski definition) is 1. The first kappa shape index (κ1) is 7.56. The molecule has 0 spiro atoms. The van der Waals surface area contributed by atoms with Crippen LogP contribution in [0, 0.1) is 0 Å². The van der Waals surface area contributed by atoms with Crippen molar-refractivity contribution in [1.82, 2.24) is 15.2 Å². The van der Waals surface area contributed by atoms with Crippen molar-refractivity contribution in [1.29, 1.82) is 0 Å². The van der Waals surface area contributed by atoms with E-state index >= 15 is 0 Å². The summed E-state index contributed by atoms with van der Waals surface area (Å²) in [6.07, 6.45) is 2.12. The van der Waals surface area contributed by atoms with Crippen LogP contribution in [0.3, 0.4) is 0 Å². The molecule has 0 bridgehead atoms. The van der Waals surface area contributed by atoms with Gasteiger partial charge in [0.2, 0.25) is 0 Å². The highest BCUT2D eigenvalue weighted by molar-refractivity contribution is 4.90. The van der Waals surface area contributed by atoms with Gasteiger partial charge in [0.25, 0.3) is 0 Å². The maximum atomic E-state index is 8.16. The summed E-state index contributed by atoms with van der Waals surface area (Å²) in [7, 11) is 0. The van der Waals surface area contributed by atoms with Crippen LogP contribution in [0.5, 0.6) is 0 Å². The van der Waals surface area contributed by atoms with Crippen molar-refractivity contribution < 1.29 is 0 Å². The molecule has 11 heavy (non-hydrogen) atoms. The van der Waals surface area contributed by atoms with Gasteiger partial charge >= 0.3 is 0 Å². The largest absolute Gasteiger partial charge is 0.263 e. The van der Waals surface area contributed by atoms with Crippen LogP contribution in [-0.2, 0) is 0 Å². The molecule has 58 valence electrons. The van der Waals surface area contributed by atoms with Crippen molar-refractivity contribution >= 4 is 0 Å².